The molecule has 2 aromatic carbocycles. The van der Waals surface area contributed by atoms with Crippen molar-refractivity contribution >= 4 is 23.2 Å². The average molecular weight is 381 g/mol. The number of ether oxygens (including phenoxy) is 1. The van der Waals surface area contributed by atoms with Gasteiger partial charge in [0, 0.05) is 24.1 Å². The van der Waals surface area contributed by atoms with E-state index in [-0.39, 0.29) is 35.8 Å². The smallest absolute Gasteiger partial charge is 0.271 e. The van der Waals surface area contributed by atoms with Gasteiger partial charge in [-0.3, -0.25) is 24.6 Å². The van der Waals surface area contributed by atoms with Crippen LogP contribution in [0.15, 0.2) is 48.5 Å². The summed E-state index contributed by atoms with van der Waals surface area (Å²) < 4.78 is 5.32. The van der Waals surface area contributed by atoms with Crippen LogP contribution in [-0.4, -0.2) is 36.4 Å². The topological polar surface area (TPSA) is 102 Å². The lowest BCUT2D eigenvalue weighted by Gasteiger charge is -2.29. The summed E-state index contributed by atoms with van der Waals surface area (Å²) in [5.74, 6) is -0.372. The third-order valence-corrected chi connectivity index (χ3v) is 5.26. The summed E-state index contributed by atoms with van der Waals surface area (Å²) in [5.41, 5.74) is 1.23. The molecule has 0 aromatic heterocycles. The van der Waals surface area contributed by atoms with Gasteiger partial charge < -0.3 is 10.1 Å². The van der Waals surface area contributed by atoms with Gasteiger partial charge >= 0.3 is 0 Å². The van der Waals surface area contributed by atoms with E-state index in [0.29, 0.717) is 12.3 Å². The zero-order valence-electron chi connectivity index (χ0n) is 15.1. The Bertz CT molecular complexity index is 940. The van der Waals surface area contributed by atoms with Crippen LogP contribution < -0.4 is 15.0 Å². The van der Waals surface area contributed by atoms with E-state index >= 15 is 0 Å². The molecule has 2 aromatic rings. The minimum absolute atomic E-state index is 0.0391. The number of hydrogen-bond acceptors (Lipinski definition) is 5. The first-order valence-corrected chi connectivity index (χ1v) is 9.02. The Morgan fingerprint density at radius 3 is 2.64 bits per heavy atom. The van der Waals surface area contributed by atoms with E-state index < -0.39 is 10.8 Å². The molecule has 28 heavy (non-hydrogen) atoms. The van der Waals surface area contributed by atoms with Crippen molar-refractivity contribution in [2.45, 2.75) is 18.3 Å². The van der Waals surface area contributed by atoms with Crippen LogP contribution in [0.5, 0.6) is 5.75 Å². The van der Waals surface area contributed by atoms with Gasteiger partial charge in [0.1, 0.15) is 12.3 Å². The van der Waals surface area contributed by atoms with E-state index in [1.54, 1.807) is 0 Å². The molecule has 2 aliphatic rings. The molecule has 1 heterocycles. The number of hydrogen-bond donors (Lipinski definition) is 1. The monoisotopic (exact) mass is 381 g/mol. The van der Waals surface area contributed by atoms with E-state index in [9.17, 15) is 19.7 Å². The van der Waals surface area contributed by atoms with E-state index in [2.05, 4.69) is 17.4 Å². The van der Waals surface area contributed by atoms with E-state index in [1.165, 1.54) is 28.7 Å². The van der Waals surface area contributed by atoms with E-state index in [4.69, 9.17) is 4.74 Å². The van der Waals surface area contributed by atoms with Gasteiger partial charge in [-0.1, -0.05) is 30.3 Å². The maximum atomic E-state index is 12.5. The number of fused-ring (bicyclic) bond motifs is 1. The second-order valence-corrected chi connectivity index (χ2v) is 7.10. The number of amides is 2. The van der Waals surface area contributed by atoms with Crippen molar-refractivity contribution in [3.63, 3.8) is 0 Å². The van der Waals surface area contributed by atoms with Gasteiger partial charge in [-0.05, 0) is 24.5 Å². The Morgan fingerprint density at radius 2 is 1.96 bits per heavy atom. The van der Waals surface area contributed by atoms with Crippen LogP contribution in [0.2, 0.25) is 0 Å². The highest BCUT2D eigenvalue weighted by Gasteiger charge is 2.44. The van der Waals surface area contributed by atoms with Crippen molar-refractivity contribution in [2.75, 3.05) is 24.6 Å². The van der Waals surface area contributed by atoms with E-state index in [0.717, 1.165) is 12.8 Å². The Hall–Kier alpha value is -3.42. The molecule has 0 unspecified atom stereocenters. The molecule has 0 saturated heterocycles. The number of nitro benzene ring substituents is 1. The van der Waals surface area contributed by atoms with Crippen molar-refractivity contribution in [3.05, 3.63) is 64.2 Å². The summed E-state index contributed by atoms with van der Waals surface area (Å²) in [6, 6.07) is 14.0. The molecule has 1 fully saturated rings. The van der Waals surface area contributed by atoms with Gasteiger partial charge in [0.25, 0.3) is 11.6 Å². The van der Waals surface area contributed by atoms with Crippen molar-refractivity contribution in [1.29, 1.82) is 0 Å². The Morgan fingerprint density at radius 1 is 1.21 bits per heavy atom. The van der Waals surface area contributed by atoms with Crippen molar-refractivity contribution in [1.82, 2.24) is 5.32 Å². The molecule has 8 heteroatoms. The zero-order chi connectivity index (χ0) is 19.7. The first kappa shape index (κ1) is 18.0. The molecule has 0 atom stereocenters. The van der Waals surface area contributed by atoms with Gasteiger partial charge in [-0.2, -0.15) is 0 Å². The van der Waals surface area contributed by atoms with Crippen LogP contribution in [0.25, 0.3) is 0 Å². The zero-order valence-corrected chi connectivity index (χ0v) is 15.1. The van der Waals surface area contributed by atoms with Gasteiger partial charge in [0.05, 0.1) is 10.6 Å². The number of anilines is 1. The predicted octanol–water partition coefficient (Wildman–Crippen LogP) is 2.17. The van der Waals surface area contributed by atoms with E-state index in [1.807, 2.05) is 18.2 Å². The van der Waals surface area contributed by atoms with Crippen molar-refractivity contribution in [2.24, 2.45) is 0 Å². The number of nitrogens with zero attached hydrogens (tertiary/aromatic N) is 2. The number of nitrogens with one attached hydrogen (secondary N) is 1. The van der Waals surface area contributed by atoms with Gasteiger partial charge in [-0.25, -0.2) is 0 Å². The average Bonchev–Trinajstić information content (AvgIpc) is 3.50. The number of nitro groups is 1. The molecule has 8 nitrogen and oxygen atoms in total. The summed E-state index contributed by atoms with van der Waals surface area (Å²) in [6.45, 7) is 0.0868. The third-order valence-electron chi connectivity index (χ3n) is 5.26. The molecular weight excluding hydrogens is 362 g/mol. The van der Waals surface area contributed by atoms with Crippen molar-refractivity contribution < 1.29 is 19.2 Å². The van der Waals surface area contributed by atoms with Crippen LogP contribution in [0.3, 0.4) is 0 Å². The highest BCUT2D eigenvalue weighted by atomic mass is 16.6. The lowest BCUT2D eigenvalue weighted by molar-refractivity contribution is -0.384. The number of benzene rings is 2. The minimum Gasteiger partial charge on any atom is -0.482 e. The summed E-state index contributed by atoms with van der Waals surface area (Å²) in [6.07, 6.45) is 2.01. The molecule has 1 N–H and O–H groups in total. The number of non-ortho nitro benzene ring substituents is 1. The lowest BCUT2D eigenvalue weighted by Crippen LogP contribution is -2.46. The second-order valence-electron chi connectivity index (χ2n) is 7.10. The van der Waals surface area contributed by atoms with Crippen LogP contribution in [0, 0.1) is 10.1 Å². The summed E-state index contributed by atoms with van der Waals surface area (Å²) in [4.78, 5) is 36.5. The third kappa shape index (κ3) is 3.40. The first-order chi connectivity index (χ1) is 13.5. The Labute approximate surface area is 161 Å². The number of rotatable bonds is 6. The maximum Gasteiger partial charge on any atom is 0.271 e. The molecule has 2 amide bonds. The fraction of sp³-hybridized carbons (Fsp3) is 0.300. The Kier molecular flexibility index (Phi) is 4.46. The summed E-state index contributed by atoms with van der Waals surface area (Å²) in [5, 5.41) is 13.9. The van der Waals surface area contributed by atoms with Crippen LogP contribution in [0.4, 0.5) is 11.4 Å². The van der Waals surface area contributed by atoms with Crippen LogP contribution in [0.1, 0.15) is 18.4 Å². The molecule has 0 bridgehead atoms. The first-order valence-electron chi connectivity index (χ1n) is 9.02. The summed E-state index contributed by atoms with van der Waals surface area (Å²) in [7, 11) is 0. The molecule has 4 rings (SSSR count). The maximum absolute atomic E-state index is 12.5. The molecule has 1 aliphatic carbocycles. The quantitative estimate of drug-likeness (QED) is 0.610. The minimum atomic E-state index is -0.547. The molecular formula is C20H19N3O5. The van der Waals surface area contributed by atoms with Crippen LogP contribution >= 0.6 is 0 Å². The molecule has 0 radical (unpaired) electrons. The highest BCUT2D eigenvalue weighted by Crippen LogP contribution is 2.47. The lowest BCUT2D eigenvalue weighted by atomic mass is 9.96. The Balaban J connectivity index is 1.46. The van der Waals surface area contributed by atoms with Gasteiger partial charge in [-0.15, -0.1) is 0 Å². The van der Waals surface area contributed by atoms with Crippen LogP contribution in [-0.2, 0) is 15.0 Å². The fourth-order valence-electron chi connectivity index (χ4n) is 3.45. The van der Waals surface area contributed by atoms with Gasteiger partial charge in [0.15, 0.2) is 6.61 Å². The molecule has 144 valence electrons. The largest absolute Gasteiger partial charge is 0.482 e. The SMILES string of the molecule is O=C(CN1C(=O)COc2ccc([N+](=O)[O-])cc21)NCC1(c2ccccc2)CC1. The normalized spacial score (nSPS) is 16.7. The second kappa shape index (κ2) is 6.95. The fourth-order valence-corrected chi connectivity index (χ4v) is 3.45. The predicted molar refractivity (Wildman–Crippen MR) is 101 cm³/mol. The number of carbonyl (C=O) groups is 2. The molecule has 0 spiro atoms. The number of carbonyl (C=O) groups excluding carboxylic acids is 2. The molecule has 1 saturated carbocycles. The highest BCUT2D eigenvalue weighted by molar-refractivity contribution is 6.02. The standard InChI is InChI=1S/C20H19N3O5/c24-18(21-13-20(8-9-20)14-4-2-1-3-5-14)11-22-16-10-15(23(26)27)6-7-17(16)28-12-19(22)25/h1-7,10H,8-9,11-13H2,(H,21,24). The molecule has 1 aliphatic heterocycles. The van der Waals surface area contributed by atoms with Gasteiger partial charge in [0.2, 0.25) is 5.91 Å². The summed E-state index contributed by atoms with van der Waals surface area (Å²) >= 11 is 0. The van der Waals surface area contributed by atoms with Crippen molar-refractivity contribution in [3.8, 4) is 5.75 Å².